The van der Waals surface area contributed by atoms with Crippen LogP contribution >= 0.6 is 0 Å². The number of hydrogen-bond donors (Lipinski definition) is 0. The second kappa shape index (κ2) is 8.51. The van der Waals surface area contributed by atoms with Crippen molar-refractivity contribution >= 4 is 11.9 Å². The fourth-order valence-electron chi connectivity index (χ4n) is 3.94. The Morgan fingerprint density at radius 1 is 1.00 bits per heavy atom. The average Bonchev–Trinajstić information content (AvgIpc) is 3.15. The van der Waals surface area contributed by atoms with Crippen LogP contribution < -0.4 is 4.90 Å². The third-order valence-corrected chi connectivity index (χ3v) is 5.82. The Labute approximate surface area is 172 Å². The molecule has 2 aromatic rings. The Morgan fingerprint density at radius 2 is 1.66 bits per heavy atom. The molecule has 0 atom stereocenters. The van der Waals surface area contributed by atoms with Crippen molar-refractivity contribution in [3.63, 3.8) is 0 Å². The first-order chi connectivity index (χ1) is 14.0. The number of aromatic nitrogens is 3. The first-order valence-corrected chi connectivity index (χ1v) is 10.4. The molecule has 8 heteroatoms. The molecular formula is C21H30N6O2. The lowest BCUT2D eigenvalue weighted by Crippen LogP contribution is -2.50. The maximum Gasteiger partial charge on any atom is 0.270 e. The number of nitrogens with zero attached hydrogens (tertiary/aromatic N) is 6. The van der Waals surface area contributed by atoms with Gasteiger partial charge in [-0.2, -0.15) is 0 Å². The van der Waals surface area contributed by atoms with E-state index in [-0.39, 0.29) is 5.91 Å². The summed E-state index contributed by atoms with van der Waals surface area (Å²) in [6.45, 7) is 10.8. The number of aryl methyl sites for hydroxylation is 1. The second-order valence-corrected chi connectivity index (χ2v) is 8.02. The van der Waals surface area contributed by atoms with Crippen molar-refractivity contribution < 1.29 is 9.53 Å². The zero-order chi connectivity index (χ0) is 20.4. The van der Waals surface area contributed by atoms with Crippen LogP contribution in [0.2, 0.25) is 0 Å². The van der Waals surface area contributed by atoms with E-state index in [2.05, 4.69) is 33.6 Å². The van der Waals surface area contributed by atoms with Crippen molar-refractivity contribution in [2.24, 2.45) is 7.05 Å². The van der Waals surface area contributed by atoms with Crippen molar-refractivity contribution in [1.29, 1.82) is 0 Å². The first-order valence-electron chi connectivity index (χ1n) is 10.4. The Kier molecular flexibility index (Phi) is 5.82. The monoisotopic (exact) mass is 398 g/mol. The van der Waals surface area contributed by atoms with Crippen LogP contribution in [0.3, 0.4) is 0 Å². The quantitative estimate of drug-likeness (QED) is 0.777. The van der Waals surface area contributed by atoms with Gasteiger partial charge in [0.15, 0.2) is 0 Å². The highest BCUT2D eigenvalue weighted by Gasteiger charge is 2.25. The number of ether oxygens (including phenoxy) is 1. The lowest BCUT2D eigenvalue weighted by atomic mass is 10.1. The van der Waals surface area contributed by atoms with Gasteiger partial charge in [0, 0.05) is 82.1 Å². The van der Waals surface area contributed by atoms with Gasteiger partial charge in [0.25, 0.3) is 5.91 Å². The Bertz CT molecular complexity index is 833. The number of rotatable bonds is 4. The molecule has 0 radical (unpaired) electrons. The lowest BCUT2D eigenvalue weighted by molar-refractivity contribution is 0.0586. The van der Waals surface area contributed by atoms with Crippen LogP contribution in [0.4, 0.5) is 5.95 Å². The van der Waals surface area contributed by atoms with Gasteiger partial charge >= 0.3 is 0 Å². The molecule has 1 amide bonds. The number of anilines is 1. The van der Waals surface area contributed by atoms with E-state index in [4.69, 9.17) is 4.74 Å². The smallest absolute Gasteiger partial charge is 0.270 e. The SMILES string of the molecule is CC(C)N1CCN(C(=O)c2cc(-c3cnc(N4CCOCC4)nc3)cn2C)CC1. The molecule has 4 rings (SSSR count). The molecule has 0 saturated carbocycles. The predicted octanol–water partition coefficient (Wildman–Crippen LogP) is 1.48. The molecule has 0 N–H and O–H groups in total. The van der Waals surface area contributed by atoms with Gasteiger partial charge in [-0.1, -0.05) is 0 Å². The Hall–Kier alpha value is -2.45. The Balaban J connectivity index is 1.45. The molecule has 0 bridgehead atoms. The maximum absolute atomic E-state index is 13.0. The van der Waals surface area contributed by atoms with Gasteiger partial charge in [-0.05, 0) is 19.9 Å². The Morgan fingerprint density at radius 3 is 2.28 bits per heavy atom. The summed E-state index contributed by atoms with van der Waals surface area (Å²) in [7, 11) is 1.92. The minimum atomic E-state index is 0.0908. The largest absolute Gasteiger partial charge is 0.378 e. The maximum atomic E-state index is 13.0. The summed E-state index contributed by atoms with van der Waals surface area (Å²) in [6.07, 6.45) is 5.65. The van der Waals surface area contributed by atoms with E-state index in [1.165, 1.54) is 0 Å². The highest BCUT2D eigenvalue weighted by molar-refractivity contribution is 5.94. The summed E-state index contributed by atoms with van der Waals surface area (Å²) < 4.78 is 7.29. The summed E-state index contributed by atoms with van der Waals surface area (Å²) in [5.74, 6) is 0.820. The molecule has 29 heavy (non-hydrogen) atoms. The topological polar surface area (TPSA) is 66.7 Å². The van der Waals surface area contributed by atoms with Gasteiger partial charge in [0.1, 0.15) is 5.69 Å². The molecule has 0 aromatic carbocycles. The summed E-state index contributed by atoms with van der Waals surface area (Å²) in [4.78, 5) is 28.6. The fourth-order valence-corrected chi connectivity index (χ4v) is 3.94. The van der Waals surface area contributed by atoms with Gasteiger partial charge in [0.2, 0.25) is 5.95 Å². The average molecular weight is 399 g/mol. The number of carbonyl (C=O) groups excluding carboxylic acids is 1. The van der Waals surface area contributed by atoms with Crippen molar-refractivity contribution in [3.8, 4) is 11.1 Å². The van der Waals surface area contributed by atoms with Crippen molar-refractivity contribution in [2.45, 2.75) is 19.9 Å². The molecule has 8 nitrogen and oxygen atoms in total. The third-order valence-electron chi connectivity index (χ3n) is 5.82. The van der Waals surface area contributed by atoms with Crippen LogP contribution in [0, 0.1) is 0 Å². The van der Waals surface area contributed by atoms with E-state index in [1.54, 1.807) is 0 Å². The zero-order valence-corrected chi connectivity index (χ0v) is 17.5. The van der Waals surface area contributed by atoms with Crippen molar-refractivity contribution in [1.82, 2.24) is 24.3 Å². The highest BCUT2D eigenvalue weighted by Crippen LogP contribution is 2.23. The molecule has 2 aliphatic heterocycles. The molecule has 0 unspecified atom stereocenters. The van der Waals surface area contributed by atoms with Crippen LogP contribution in [-0.2, 0) is 11.8 Å². The van der Waals surface area contributed by atoms with E-state index in [9.17, 15) is 4.79 Å². The molecule has 2 fully saturated rings. The normalized spacial score (nSPS) is 18.5. The van der Waals surface area contributed by atoms with Crippen molar-refractivity contribution in [3.05, 3.63) is 30.4 Å². The molecule has 2 aliphatic rings. The second-order valence-electron chi connectivity index (χ2n) is 8.02. The van der Waals surface area contributed by atoms with Crippen LogP contribution in [0.15, 0.2) is 24.7 Å². The first kappa shape index (κ1) is 19.8. The van der Waals surface area contributed by atoms with E-state index in [0.717, 1.165) is 56.3 Å². The minimum absolute atomic E-state index is 0.0908. The molecule has 2 saturated heterocycles. The summed E-state index contributed by atoms with van der Waals surface area (Å²) in [6, 6.07) is 2.47. The van der Waals surface area contributed by atoms with E-state index in [1.807, 2.05) is 41.2 Å². The molecule has 0 aliphatic carbocycles. The van der Waals surface area contributed by atoms with Crippen LogP contribution in [-0.4, -0.2) is 88.8 Å². The minimum Gasteiger partial charge on any atom is -0.378 e. The zero-order valence-electron chi connectivity index (χ0n) is 17.5. The highest BCUT2D eigenvalue weighted by atomic mass is 16.5. The number of hydrogen-bond acceptors (Lipinski definition) is 6. The standard InChI is InChI=1S/C21H30N6O2/c1-16(2)25-4-6-26(7-5-25)20(28)19-12-17(15-24(19)3)18-13-22-21(23-14-18)27-8-10-29-11-9-27/h12-16H,4-11H2,1-3H3. The molecule has 0 spiro atoms. The van der Waals surface area contributed by atoms with Crippen LogP contribution in [0.25, 0.3) is 11.1 Å². The molecule has 156 valence electrons. The third kappa shape index (κ3) is 4.28. The van der Waals surface area contributed by atoms with Crippen molar-refractivity contribution in [2.75, 3.05) is 57.4 Å². The summed E-state index contributed by atoms with van der Waals surface area (Å²) in [5.41, 5.74) is 2.58. The van der Waals surface area contributed by atoms with Gasteiger partial charge in [-0.3, -0.25) is 9.69 Å². The van der Waals surface area contributed by atoms with Gasteiger partial charge in [-0.25, -0.2) is 9.97 Å². The fraction of sp³-hybridized carbons (Fsp3) is 0.571. The van der Waals surface area contributed by atoms with E-state index in [0.29, 0.717) is 24.9 Å². The van der Waals surface area contributed by atoms with Crippen LogP contribution in [0.5, 0.6) is 0 Å². The lowest BCUT2D eigenvalue weighted by Gasteiger charge is -2.36. The molecule has 2 aromatic heterocycles. The van der Waals surface area contributed by atoms with Gasteiger partial charge in [-0.15, -0.1) is 0 Å². The predicted molar refractivity (Wildman–Crippen MR) is 112 cm³/mol. The number of amides is 1. The van der Waals surface area contributed by atoms with E-state index >= 15 is 0 Å². The van der Waals surface area contributed by atoms with Crippen LogP contribution in [0.1, 0.15) is 24.3 Å². The number of carbonyl (C=O) groups is 1. The molecule has 4 heterocycles. The van der Waals surface area contributed by atoms with Gasteiger partial charge in [0.05, 0.1) is 13.2 Å². The number of morpholine rings is 1. The number of piperazine rings is 1. The van der Waals surface area contributed by atoms with Gasteiger partial charge < -0.3 is 19.1 Å². The molecular weight excluding hydrogens is 368 g/mol. The summed E-state index contributed by atoms with van der Waals surface area (Å²) >= 11 is 0. The summed E-state index contributed by atoms with van der Waals surface area (Å²) in [5, 5.41) is 0. The van der Waals surface area contributed by atoms with E-state index < -0.39 is 0 Å².